The molecule has 0 N–H and O–H groups in total. The summed E-state index contributed by atoms with van der Waals surface area (Å²) in [6.07, 6.45) is 3.36. The minimum atomic E-state index is -0.685. The largest absolute Gasteiger partial charge is 0.490 e. The molecule has 0 spiro atoms. The van der Waals surface area contributed by atoms with E-state index in [0.717, 1.165) is 5.56 Å². The number of ether oxygens (including phenoxy) is 2. The molecule has 0 bridgehead atoms. The number of nitrogens with zero attached hydrogens (tertiary/aromatic N) is 3. The van der Waals surface area contributed by atoms with E-state index in [2.05, 4.69) is 11.6 Å². The number of allylic oxidation sites excluding steroid dienone is 1. The van der Waals surface area contributed by atoms with Gasteiger partial charge in [-0.25, -0.2) is 9.79 Å². The van der Waals surface area contributed by atoms with E-state index in [1.807, 2.05) is 43.3 Å². The molecule has 0 saturated carbocycles. The first-order valence-electron chi connectivity index (χ1n) is 11.1. The Morgan fingerprint density at radius 1 is 1.26 bits per heavy atom. The number of fused-ring (bicyclic) bond motifs is 1. The zero-order chi connectivity index (χ0) is 25.1. The number of benzene rings is 1. The van der Waals surface area contributed by atoms with E-state index >= 15 is 0 Å². The van der Waals surface area contributed by atoms with Crippen LogP contribution in [0.4, 0.5) is 5.88 Å². The van der Waals surface area contributed by atoms with Gasteiger partial charge in [0, 0.05) is 26.2 Å². The average Bonchev–Trinajstić information content (AvgIpc) is 3.42. The lowest BCUT2D eigenvalue weighted by Gasteiger charge is -2.24. The third-order valence-electron chi connectivity index (χ3n) is 5.41. The normalized spacial score (nSPS) is 15.4. The lowest BCUT2D eigenvalue weighted by molar-refractivity contribution is -0.139. The number of hydrogen-bond acceptors (Lipinski definition) is 8. The van der Waals surface area contributed by atoms with Gasteiger partial charge < -0.3 is 18.8 Å². The highest BCUT2D eigenvalue weighted by Gasteiger charge is 2.33. The minimum absolute atomic E-state index is 0.216. The van der Waals surface area contributed by atoms with Crippen LogP contribution < -0.4 is 24.5 Å². The highest BCUT2D eigenvalue weighted by Crippen LogP contribution is 2.31. The van der Waals surface area contributed by atoms with Crippen LogP contribution in [0.25, 0.3) is 6.08 Å². The summed E-state index contributed by atoms with van der Waals surface area (Å²) >= 11 is 1.25. The molecule has 1 atom stereocenters. The van der Waals surface area contributed by atoms with Gasteiger partial charge in [-0.05, 0) is 37.6 Å². The molecule has 2 aromatic heterocycles. The van der Waals surface area contributed by atoms with Crippen molar-refractivity contribution in [2.24, 2.45) is 4.99 Å². The molecule has 3 heterocycles. The molecular formula is C26H27N3O5S. The summed E-state index contributed by atoms with van der Waals surface area (Å²) in [5.74, 6) is 1.40. The van der Waals surface area contributed by atoms with Crippen LogP contribution in [-0.2, 0) is 9.53 Å². The Bertz CT molecular complexity index is 1460. The minimum Gasteiger partial charge on any atom is -0.490 e. The predicted octanol–water partition coefficient (Wildman–Crippen LogP) is 3.02. The maximum absolute atomic E-state index is 13.6. The standard InChI is InChI=1S/C26H27N3O5S/c1-6-14-33-18-10-8-17(9-11-18)23-22(25(31)32-7-2)16(3)27-26-29(23)24(30)20(35-26)15-19-12-13-21(34-19)28(4)5/h6,8-13,15,23H,1,7,14H2,2-5H3/t23-/m0/s1. The first-order chi connectivity index (χ1) is 16.8. The van der Waals surface area contributed by atoms with Gasteiger partial charge >= 0.3 is 5.97 Å². The van der Waals surface area contributed by atoms with E-state index < -0.39 is 12.0 Å². The van der Waals surface area contributed by atoms with Crippen LogP contribution in [0, 0.1) is 0 Å². The van der Waals surface area contributed by atoms with E-state index in [9.17, 15) is 9.59 Å². The molecule has 0 aliphatic carbocycles. The first-order valence-corrected chi connectivity index (χ1v) is 12.0. The van der Waals surface area contributed by atoms with Gasteiger partial charge in [0.15, 0.2) is 10.7 Å². The fourth-order valence-corrected chi connectivity index (χ4v) is 4.82. The Labute approximate surface area is 206 Å². The first kappa shape index (κ1) is 24.3. The molecule has 3 aromatic rings. The predicted molar refractivity (Wildman–Crippen MR) is 136 cm³/mol. The van der Waals surface area contributed by atoms with Gasteiger partial charge in [-0.15, -0.1) is 0 Å². The summed E-state index contributed by atoms with van der Waals surface area (Å²) in [4.78, 5) is 33.5. The van der Waals surface area contributed by atoms with Gasteiger partial charge in [0.1, 0.15) is 18.1 Å². The summed E-state index contributed by atoms with van der Waals surface area (Å²) in [5.41, 5.74) is 1.33. The summed E-state index contributed by atoms with van der Waals surface area (Å²) < 4.78 is 18.7. The lowest BCUT2D eigenvalue weighted by atomic mass is 9.96. The van der Waals surface area contributed by atoms with Gasteiger partial charge in [-0.3, -0.25) is 9.36 Å². The second-order valence-corrected chi connectivity index (χ2v) is 9.05. The fraction of sp³-hybridized carbons (Fsp3) is 0.269. The maximum Gasteiger partial charge on any atom is 0.338 e. The zero-order valence-corrected chi connectivity index (χ0v) is 20.9. The van der Waals surface area contributed by atoms with Crippen molar-refractivity contribution in [1.82, 2.24) is 4.57 Å². The smallest absolute Gasteiger partial charge is 0.338 e. The number of anilines is 1. The Morgan fingerprint density at radius 2 is 2.00 bits per heavy atom. The summed E-state index contributed by atoms with van der Waals surface area (Å²) in [6.45, 7) is 7.76. The van der Waals surface area contributed by atoms with Crippen molar-refractivity contribution < 1.29 is 18.7 Å². The average molecular weight is 494 g/mol. The fourth-order valence-electron chi connectivity index (χ4n) is 3.80. The third kappa shape index (κ3) is 4.85. The van der Waals surface area contributed by atoms with Crippen molar-refractivity contribution >= 4 is 29.3 Å². The van der Waals surface area contributed by atoms with Gasteiger partial charge in [0.25, 0.3) is 5.56 Å². The molecule has 4 rings (SSSR count). The van der Waals surface area contributed by atoms with Crippen LogP contribution in [0.3, 0.4) is 0 Å². The van der Waals surface area contributed by atoms with Gasteiger partial charge in [0.2, 0.25) is 0 Å². The molecule has 1 aromatic carbocycles. The summed E-state index contributed by atoms with van der Waals surface area (Å²) in [5, 5.41) is 0. The third-order valence-corrected chi connectivity index (χ3v) is 6.39. The SMILES string of the molecule is C=CCOc1ccc([C@H]2C(C(=O)OCC)=C(C)N=c3sc(=Cc4ccc(N(C)C)o4)c(=O)n32)cc1. The number of rotatable bonds is 8. The molecule has 1 aliphatic heterocycles. The van der Waals surface area contributed by atoms with E-state index in [4.69, 9.17) is 13.9 Å². The number of thiazole rings is 1. The number of carbonyl (C=O) groups excluding carboxylic acids is 1. The number of hydrogen-bond donors (Lipinski definition) is 0. The van der Waals surface area contributed by atoms with Gasteiger partial charge in [-0.2, -0.15) is 0 Å². The van der Waals surface area contributed by atoms with Gasteiger partial charge in [-0.1, -0.05) is 36.1 Å². The molecule has 0 fully saturated rings. The van der Waals surface area contributed by atoms with Crippen LogP contribution in [0.15, 0.2) is 74.5 Å². The van der Waals surface area contributed by atoms with Crippen molar-refractivity contribution in [3.05, 3.63) is 91.3 Å². The van der Waals surface area contributed by atoms with Crippen LogP contribution in [-0.4, -0.2) is 37.8 Å². The maximum atomic E-state index is 13.6. The van der Waals surface area contributed by atoms with Gasteiger partial charge in [0.05, 0.1) is 28.5 Å². The topological polar surface area (TPSA) is 86.3 Å². The number of aromatic nitrogens is 1. The highest BCUT2D eigenvalue weighted by molar-refractivity contribution is 7.07. The molecule has 35 heavy (non-hydrogen) atoms. The zero-order valence-electron chi connectivity index (χ0n) is 20.1. The van der Waals surface area contributed by atoms with Crippen molar-refractivity contribution in [3.63, 3.8) is 0 Å². The van der Waals surface area contributed by atoms with Crippen LogP contribution in [0.5, 0.6) is 5.75 Å². The second kappa shape index (κ2) is 10.2. The Kier molecular flexibility index (Phi) is 7.07. The molecule has 0 unspecified atom stereocenters. The van der Waals surface area contributed by atoms with Crippen molar-refractivity contribution in [2.75, 3.05) is 32.2 Å². The summed E-state index contributed by atoms with van der Waals surface area (Å²) in [7, 11) is 3.76. The van der Waals surface area contributed by atoms with Crippen LogP contribution >= 0.6 is 11.3 Å². The number of furan rings is 1. The van der Waals surface area contributed by atoms with Crippen molar-refractivity contribution in [2.45, 2.75) is 19.9 Å². The molecule has 0 radical (unpaired) electrons. The highest BCUT2D eigenvalue weighted by atomic mass is 32.1. The lowest BCUT2D eigenvalue weighted by Crippen LogP contribution is -2.39. The number of carbonyl (C=O) groups is 1. The van der Waals surface area contributed by atoms with Crippen molar-refractivity contribution in [3.8, 4) is 5.75 Å². The Hall–Kier alpha value is -3.85. The Morgan fingerprint density at radius 3 is 2.63 bits per heavy atom. The van der Waals surface area contributed by atoms with E-state index in [1.54, 1.807) is 42.7 Å². The van der Waals surface area contributed by atoms with E-state index in [-0.39, 0.29) is 12.2 Å². The second-order valence-electron chi connectivity index (χ2n) is 8.04. The van der Waals surface area contributed by atoms with Crippen LogP contribution in [0.1, 0.15) is 31.2 Å². The van der Waals surface area contributed by atoms with E-state index in [0.29, 0.717) is 44.6 Å². The monoisotopic (exact) mass is 493 g/mol. The number of esters is 1. The van der Waals surface area contributed by atoms with Crippen molar-refractivity contribution in [1.29, 1.82) is 0 Å². The molecular weight excluding hydrogens is 466 g/mol. The molecule has 8 nitrogen and oxygen atoms in total. The quantitative estimate of drug-likeness (QED) is 0.354. The molecule has 1 aliphatic rings. The van der Waals surface area contributed by atoms with Crippen LogP contribution in [0.2, 0.25) is 0 Å². The Balaban J connectivity index is 1.86. The molecule has 9 heteroatoms. The molecule has 182 valence electrons. The molecule has 0 saturated heterocycles. The van der Waals surface area contributed by atoms with E-state index in [1.165, 1.54) is 11.3 Å². The summed E-state index contributed by atoms with van der Waals surface area (Å²) in [6, 6.07) is 10.3. The molecule has 0 amide bonds.